The zero-order valence-corrected chi connectivity index (χ0v) is 10.7. The third-order valence-electron chi connectivity index (χ3n) is 2.44. The fourth-order valence-electron chi connectivity index (χ4n) is 1.62. The van der Waals surface area contributed by atoms with Gasteiger partial charge in [0.2, 0.25) is 5.91 Å². The van der Waals surface area contributed by atoms with Gasteiger partial charge in [-0.15, -0.1) is 0 Å². The average molecular weight is 251 g/mol. The van der Waals surface area contributed by atoms with Crippen LogP contribution in [0.3, 0.4) is 0 Å². The van der Waals surface area contributed by atoms with Gasteiger partial charge in [0.15, 0.2) is 0 Å². The molecule has 0 unspecified atom stereocenters. The summed E-state index contributed by atoms with van der Waals surface area (Å²) < 4.78 is 9.76. The number of nitrogens with one attached hydrogen (secondary N) is 1. The number of rotatable bonds is 5. The Morgan fingerprint density at radius 2 is 2.06 bits per heavy atom. The van der Waals surface area contributed by atoms with Crippen molar-refractivity contribution in [2.24, 2.45) is 0 Å². The summed E-state index contributed by atoms with van der Waals surface area (Å²) in [6, 6.07) is 6.64. The summed E-state index contributed by atoms with van der Waals surface area (Å²) in [5.74, 6) is -0.0275. The van der Waals surface area contributed by atoms with Crippen molar-refractivity contribution in [3.05, 3.63) is 29.8 Å². The van der Waals surface area contributed by atoms with E-state index in [0.29, 0.717) is 12.2 Å². The van der Waals surface area contributed by atoms with E-state index in [1.807, 2.05) is 24.3 Å². The van der Waals surface area contributed by atoms with E-state index in [1.165, 1.54) is 14.0 Å². The molecule has 0 bridgehead atoms. The summed E-state index contributed by atoms with van der Waals surface area (Å²) in [5.41, 5.74) is 0.888. The molecule has 0 aliphatic heterocycles. The fraction of sp³-hybridized carbons (Fsp3) is 0.385. The SMILES string of the molecule is COC(=O)[C@@H](Cc1cccc(OC)c1)NC(C)=O. The van der Waals surface area contributed by atoms with Gasteiger partial charge in [0.1, 0.15) is 11.8 Å². The molecule has 0 saturated heterocycles. The molecule has 0 saturated carbocycles. The van der Waals surface area contributed by atoms with E-state index in [9.17, 15) is 9.59 Å². The Balaban J connectivity index is 2.81. The molecule has 1 amide bonds. The van der Waals surface area contributed by atoms with Crippen molar-refractivity contribution < 1.29 is 19.1 Å². The lowest BCUT2D eigenvalue weighted by Crippen LogP contribution is -2.41. The number of benzene rings is 1. The fourth-order valence-corrected chi connectivity index (χ4v) is 1.62. The van der Waals surface area contributed by atoms with Gasteiger partial charge in [0, 0.05) is 13.3 Å². The lowest BCUT2D eigenvalue weighted by atomic mass is 10.1. The predicted octanol–water partition coefficient (Wildman–Crippen LogP) is 0.915. The van der Waals surface area contributed by atoms with Crippen molar-refractivity contribution in [1.29, 1.82) is 0 Å². The van der Waals surface area contributed by atoms with Gasteiger partial charge in [-0.1, -0.05) is 12.1 Å². The number of amides is 1. The molecule has 98 valence electrons. The number of esters is 1. The number of ether oxygens (including phenoxy) is 2. The Bertz CT molecular complexity index is 431. The van der Waals surface area contributed by atoms with Gasteiger partial charge < -0.3 is 14.8 Å². The first-order valence-corrected chi connectivity index (χ1v) is 5.54. The summed E-state index contributed by atoms with van der Waals surface area (Å²) in [5, 5.41) is 2.56. The number of methoxy groups -OCH3 is 2. The first kappa shape index (κ1) is 14.0. The van der Waals surface area contributed by atoms with E-state index in [0.717, 1.165) is 5.56 Å². The largest absolute Gasteiger partial charge is 0.497 e. The van der Waals surface area contributed by atoms with Crippen LogP contribution >= 0.6 is 0 Å². The third-order valence-corrected chi connectivity index (χ3v) is 2.44. The minimum absolute atomic E-state index is 0.270. The number of hydrogen-bond donors (Lipinski definition) is 1. The van der Waals surface area contributed by atoms with Gasteiger partial charge in [0.25, 0.3) is 0 Å². The Hall–Kier alpha value is -2.04. The summed E-state index contributed by atoms with van der Waals surface area (Å²) in [4.78, 5) is 22.6. The van der Waals surface area contributed by atoms with Gasteiger partial charge in [0.05, 0.1) is 14.2 Å². The topological polar surface area (TPSA) is 64.6 Å². The normalized spacial score (nSPS) is 11.5. The quantitative estimate of drug-likeness (QED) is 0.790. The maximum Gasteiger partial charge on any atom is 0.328 e. The van der Waals surface area contributed by atoms with Crippen molar-refractivity contribution in [2.75, 3.05) is 14.2 Å². The van der Waals surface area contributed by atoms with E-state index in [4.69, 9.17) is 4.74 Å². The molecule has 0 spiro atoms. The van der Waals surface area contributed by atoms with Crippen LogP contribution in [0.15, 0.2) is 24.3 Å². The molecule has 5 nitrogen and oxygen atoms in total. The highest BCUT2D eigenvalue weighted by Crippen LogP contribution is 2.14. The molecule has 1 N–H and O–H groups in total. The second kappa shape index (κ2) is 6.64. The molecule has 0 radical (unpaired) electrons. The van der Waals surface area contributed by atoms with Crippen LogP contribution < -0.4 is 10.1 Å². The maximum absolute atomic E-state index is 11.5. The van der Waals surface area contributed by atoms with Crippen molar-refractivity contribution >= 4 is 11.9 Å². The van der Waals surface area contributed by atoms with Gasteiger partial charge in [-0.05, 0) is 17.7 Å². The average Bonchev–Trinajstić information content (AvgIpc) is 2.36. The van der Waals surface area contributed by atoms with Crippen LogP contribution in [-0.2, 0) is 20.7 Å². The molecule has 1 aromatic carbocycles. The second-order valence-corrected chi connectivity index (χ2v) is 3.83. The van der Waals surface area contributed by atoms with Crippen LogP contribution in [0.1, 0.15) is 12.5 Å². The lowest BCUT2D eigenvalue weighted by Gasteiger charge is -2.15. The van der Waals surface area contributed by atoms with Crippen LogP contribution in [-0.4, -0.2) is 32.1 Å². The molecule has 1 rings (SSSR count). The standard InChI is InChI=1S/C13H17NO4/c1-9(15)14-12(13(16)18-3)8-10-5-4-6-11(7-10)17-2/h4-7,12H,8H2,1-3H3,(H,14,15)/t12-/m1/s1. The third kappa shape index (κ3) is 4.08. The molecule has 0 fully saturated rings. The van der Waals surface area contributed by atoms with Crippen LogP contribution in [0, 0.1) is 0 Å². The monoisotopic (exact) mass is 251 g/mol. The van der Waals surface area contributed by atoms with Gasteiger partial charge in [-0.2, -0.15) is 0 Å². The molecule has 0 heterocycles. The summed E-state index contributed by atoms with van der Waals surface area (Å²) >= 11 is 0. The van der Waals surface area contributed by atoms with E-state index < -0.39 is 12.0 Å². The second-order valence-electron chi connectivity index (χ2n) is 3.83. The van der Waals surface area contributed by atoms with Crippen molar-refractivity contribution in [2.45, 2.75) is 19.4 Å². The van der Waals surface area contributed by atoms with E-state index in [-0.39, 0.29) is 5.91 Å². The smallest absolute Gasteiger partial charge is 0.328 e. The van der Waals surface area contributed by atoms with Crippen LogP contribution in [0.4, 0.5) is 0 Å². The first-order chi connectivity index (χ1) is 8.56. The van der Waals surface area contributed by atoms with E-state index in [2.05, 4.69) is 10.1 Å². The maximum atomic E-state index is 11.5. The van der Waals surface area contributed by atoms with Crippen LogP contribution in [0.2, 0.25) is 0 Å². The van der Waals surface area contributed by atoms with Crippen molar-refractivity contribution in [1.82, 2.24) is 5.32 Å². The summed E-state index contributed by atoms with van der Waals surface area (Å²) in [7, 11) is 2.87. The molecule has 0 aliphatic rings. The number of hydrogen-bond acceptors (Lipinski definition) is 4. The zero-order chi connectivity index (χ0) is 13.5. The molecule has 1 aromatic rings. The lowest BCUT2D eigenvalue weighted by molar-refractivity contribution is -0.144. The molecule has 18 heavy (non-hydrogen) atoms. The molecular weight excluding hydrogens is 234 g/mol. The highest BCUT2D eigenvalue weighted by molar-refractivity contribution is 5.83. The van der Waals surface area contributed by atoms with E-state index >= 15 is 0 Å². The van der Waals surface area contributed by atoms with Gasteiger partial charge in [-0.25, -0.2) is 4.79 Å². The van der Waals surface area contributed by atoms with Crippen LogP contribution in [0.25, 0.3) is 0 Å². The molecule has 1 atom stereocenters. The van der Waals surface area contributed by atoms with Crippen molar-refractivity contribution in [3.8, 4) is 5.75 Å². The Kier molecular flexibility index (Phi) is 5.17. The Morgan fingerprint density at radius 3 is 2.61 bits per heavy atom. The Labute approximate surface area is 106 Å². The minimum Gasteiger partial charge on any atom is -0.497 e. The highest BCUT2D eigenvalue weighted by Gasteiger charge is 2.20. The van der Waals surface area contributed by atoms with Gasteiger partial charge >= 0.3 is 5.97 Å². The zero-order valence-electron chi connectivity index (χ0n) is 10.7. The molecular formula is C13H17NO4. The minimum atomic E-state index is -0.681. The predicted molar refractivity (Wildman–Crippen MR) is 66.3 cm³/mol. The summed E-state index contributed by atoms with van der Waals surface area (Å²) in [6.07, 6.45) is 0.365. The van der Waals surface area contributed by atoms with E-state index in [1.54, 1.807) is 7.11 Å². The Morgan fingerprint density at radius 1 is 1.33 bits per heavy atom. The summed E-state index contributed by atoms with van der Waals surface area (Å²) in [6.45, 7) is 1.36. The van der Waals surface area contributed by atoms with Crippen molar-refractivity contribution in [3.63, 3.8) is 0 Å². The highest BCUT2D eigenvalue weighted by atomic mass is 16.5. The number of carbonyl (C=O) groups excluding carboxylic acids is 2. The number of carbonyl (C=O) groups is 2. The van der Waals surface area contributed by atoms with Crippen LogP contribution in [0.5, 0.6) is 5.75 Å². The van der Waals surface area contributed by atoms with Gasteiger partial charge in [-0.3, -0.25) is 4.79 Å². The molecule has 0 aliphatic carbocycles. The molecule has 5 heteroatoms. The molecule has 0 aromatic heterocycles. The first-order valence-electron chi connectivity index (χ1n) is 5.54.